The van der Waals surface area contributed by atoms with Gasteiger partial charge in [0.2, 0.25) is 5.91 Å². The van der Waals surface area contributed by atoms with Gasteiger partial charge in [-0.2, -0.15) is 0 Å². The molecule has 0 heterocycles. The summed E-state index contributed by atoms with van der Waals surface area (Å²) in [7, 11) is 5.36. The van der Waals surface area contributed by atoms with Crippen LogP contribution in [0.5, 0.6) is 0 Å². The van der Waals surface area contributed by atoms with Crippen LogP contribution in [0.25, 0.3) is 0 Å². The summed E-state index contributed by atoms with van der Waals surface area (Å²) in [6, 6.07) is 0. The molecule has 1 amide bonds. The summed E-state index contributed by atoms with van der Waals surface area (Å²) >= 11 is 0. The predicted molar refractivity (Wildman–Crippen MR) is 82.2 cm³/mol. The van der Waals surface area contributed by atoms with Crippen molar-refractivity contribution in [2.45, 2.75) is 45.9 Å². The number of allylic oxidation sites excluding steroid dienone is 4. The van der Waals surface area contributed by atoms with E-state index in [4.69, 9.17) is 7.85 Å². The fourth-order valence-electron chi connectivity index (χ4n) is 1.97. The first-order chi connectivity index (χ1) is 9.09. The van der Waals surface area contributed by atoms with Gasteiger partial charge in [0, 0.05) is 18.4 Å². The van der Waals surface area contributed by atoms with Crippen LogP contribution in [0.1, 0.15) is 39.5 Å². The molecule has 102 valence electrons. The maximum atomic E-state index is 11.5. The molecule has 1 atom stereocenters. The molecule has 0 fully saturated rings. The monoisotopic (exact) mass is 257 g/mol. The van der Waals surface area contributed by atoms with Crippen LogP contribution in [0, 0.1) is 5.41 Å². The molecule has 0 saturated heterocycles. The third-order valence-electron chi connectivity index (χ3n) is 3.32. The molecule has 3 heteroatoms. The molecule has 0 aromatic rings. The van der Waals surface area contributed by atoms with Gasteiger partial charge in [-0.1, -0.05) is 57.0 Å². The molecule has 2 radical (unpaired) electrons. The number of carbonyl (C=O) groups is 1. The molecule has 1 aliphatic rings. The lowest BCUT2D eigenvalue weighted by molar-refractivity contribution is -0.120. The average Bonchev–Trinajstić information content (AvgIpc) is 2.57. The van der Waals surface area contributed by atoms with Crippen LogP contribution in [0.4, 0.5) is 0 Å². The second-order valence-corrected chi connectivity index (χ2v) is 5.36. The minimum atomic E-state index is -0.116. The zero-order valence-corrected chi connectivity index (χ0v) is 12.1. The molecule has 0 aliphatic heterocycles. The van der Waals surface area contributed by atoms with Gasteiger partial charge in [-0.25, -0.2) is 0 Å². The van der Waals surface area contributed by atoms with Gasteiger partial charge < -0.3 is 5.32 Å². The standard InChI is InChI=1S/C16H24BNO/c1-3-4-6-14-7-5-10-16(2,11-8-14)13-18-15(19)9-12-17/h5,7-8,10-11H,3-4,6,9,12-13H2,1-2H3,(H,18,19). The summed E-state index contributed by atoms with van der Waals surface area (Å²) in [6.45, 7) is 4.95. The van der Waals surface area contributed by atoms with Crippen molar-refractivity contribution in [2.24, 2.45) is 5.41 Å². The fourth-order valence-corrected chi connectivity index (χ4v) is 1.97. The van der Waals surface area contributed by atoms with Crippen molar-refractivity contribution in [1.29, 1.82) is 0 Å². The van der Waals surface area contributed by atoms with Gasteiger partial charge in [0.05, 0.1) is 7.85 Å². The van der Waals surface area contributed by atoms with Crippen molar-refractivity contribution in [2.75, 3.05) is 6.54 Å². The van der Waals surface area contributed by atoms with Crippen LogP contribution in [0.3, 0.4) is 0 Å². The van der Waals surface area contributed by atoms with E-state index in [1.165, 1.54) is 18.4 Å². The quantitative estimate of drug-likeness (QED) is 0.696. The van der Waals surface area contributed by atoms with Crippen molar-refractivity contribution in [3.05, 3.63) is 36.0 Å². The van der Waals surface area contributed by atoms with Crippen molar-refractivity contribution in [1.82, 2.24) is 5.32 Å². The third-order valence-corrected chi connectivity index (χ3v) is 3.32. The Labute approximate surface area is 118 Å². The molecule has 1 N–H and O–H groups in total. The summed E-state index contributed by atoms with van der Waals surface area (Å²) in [5, 5.41) is 2.93. The van der Waals surface area contributed by atoms with E-state index in [0.29, 0.717) is 19.3 Å². The summed E-state index contributed by atoms with van der Waals surface area (Å²) < 4.78 is 0. The molecule has 0 bridgehead atoms. The highest BCUT2D eigenvalue weighted by Gasteiger charge is 2.19. The number of rotatable bonds is 7. The van der Waals surface area contributed by atoms with E-state index in [1.54, 1.807) is 0 Å². The van der Waals surface area contributed by atoms with Crippen molar-refractivity contribution in [3.63, 3.8) is 0 Å². The topological polar surface area (TPSA) is 29.1 Å². The largest absolute Gasteiger partial charge is 0.355 e. The molecule has 0 saturated carbocycles. The smallest absolute Gasteiger partial charge is 0.219 e. The number of hydrogen-bond donors (Lipinski definition) is 1. The highest BCUT2D eigenvalue weighted by molar-refractivity contribution is 6.09. The summed E-state index contributed by atoms with van der Waals surface area (Å²) in [5.74, 6) is 0.0222. The van der Waals surface area contributed by atoms with Crippen molar-refractivity contribution < 1.29 is 4.79 Å². The molecule has 0 aromatic heterocycles. The molecular formula is C16H24BNO. The Morgan fingerprint density at radius 3 is 2.89 bits per heavy atom. The number of unbranched alkanes of at least 4 members (excludes halogenated alkanes) is 1. The van der Waals surface area contributed by atoms with Crippen LogP contribution in [0.15, 0.2) is 36.0 Å². The molecular weight excluding hydrogens is 233 g/mol. The lowest BCUT2D eigenvalue weighted by atomic mass is 9.89. The third kappa shape index (κ3) is 5.95. The summed E-state index contributed by atoms with van der Waals surface area (Å²) in [6.07, 6.45) is 15.1. The number of nitrogens with one attached hydrogen (secondary N) is 1. The van der Waals surface area contributed by atoms with Crippen molar-refractivity contribution in [3.8, 4) is 0 Å². The highest BCUT2D eigenvalue weighted by Crippen LogP contribution is 2.24. The van der Waals surface area contributed by atoms with Gasteiger partial charge in [-0.3, -0.25) is 4.79 Å². The first-order valence-electron chi connectivity index (χ1n) is 7.14. The minimum absolute atomic E-state index is 0.0222. The van der Waals surface area contributed by atoms with E-state index in [9.17, 15) is 4.79 Å². The molecule has 1 aliphatic carbocycles. The fraction of sp³-hybridized carbons (Fsp3) is 0.562. The summed E-state index contributed by atoms with van der Waals surface area (Å²) in [4.78, 5) is 11.5. The van der Waals surface area contributed by atoms with Crippen molar-refractivity contribution >= 4 is 13.8 Å². The Hall–Kier alpha value is -1.25. The Kier molecular flexibility index (Phi) is 6.68. The normalized spacial score (nSPS) is 21.9. The van der Waals surface area contributed by atoms with E-state index in [2.05, 4.69) is 49.5 Å². The Morgan fingerprint density at radius 1 is 1.42 bits per heavy atom. The van der Waals surface area contributed by atoms with Crippen LogP contribution in [-0.2, 0) is 4.79 Å². The molecule has 19 heavy (non-hydrogen) atoms. The van der Waals surface area contributed by atoms with E-state index >= 15 is 0 Å². The minimum Gasteiger partial charge on any atom is -0.355 e. The number of carbonyl (C=O) groups excluding carboxylic acids is 1. The van der Waals surface area contributed by atoms with Crippen LogP contribution >= 0.6 is 0 Å². The van der Waals surface area contributed by atoms with Gasteiger partial charge in [0.15, 0.2) is 0 Å². The first kappa shape index (κ1) is 15.8. The second-order valence-electron chi connectivity index (χ2n) is 5.36. The van der Waals surface area contributed by atoms with Gasteiger partial charge in [-0.15, -0.1) is 0 Å². The molecule has 1 rings (SSSR count). The predicted octanol–water partition coefficient (Wildman–Crippen LogP) is 3.33. The van der Waals surface area contributed by atoms with E-state index in [1.807, 2.05) is 0 Å². The maximum Gasteiger partial charge on any atom is 0.219 e. The SMILES string of the molecule is [B]CCC(=O)NCC1(C)C=CC=C(CCCC)C=C1. The number of hydrogen-bond acceptors (Lipinski definition) is 1. The zero-order chi connectivity index (χ0) is 14.1. The van der Waals surface area contributed by atoms with E-state index < -0.39 is 0 Å². The molecule has 0 spiro atoms. The summed E-state index contributed by atoms with van der Waals surface area (Å²) in [5.41, 5.74) is 1.24. The zero-order valence-electron chi connectivity index (χ0n) is 12.1. The average molecular weight is 257 g/mol. The highest BCUT2D eigenvalue weighted by atomic mass is 16.1. The van der Waals surface area contributed by atoms with Gasteiger partial charge in [0.25, 0.3) is 0 Å². The van der Waals surface area contributed by atoms with Gasteiger partial charge >= 0.3 is 0 Å². The molecule has 0 aromatic carbocycles. The Bertz CT molecular complexity index is 384. The lowest BCUT2D eigenvalue weighted by Crippen LogP contribution is -2.33. The van der Waals surface area contributed by atoms with E-state index in [0.717, 1.165) is 6.42 Å². The number of amides is 1. The Morgan fingerprint density at radius 2 is 2.21 bits per heavy atom. The van der Waals surface area contributed by atoms with Crippen LogP contribution < -0.4 is 5.32 Å². The van der Waals surface area contributed by atoms with Gasteiger partial charge in [0.1, 0.15) is 0 Å². The van der Waals surface area contributed by atoms with Crippen LogP contribution in [0.2, 0.25) is 6.32 Å². The van der Waals surface area contributed by atoms with E-state index in [-0.39, 0.29) is 11.3 Å². The molecule has 1 unspecified atom stereocenters. The second kappa shape index (κ2) is 8.03. The molecule has 2 nitrogen and oxygen atoms in total. The first-order valence-corrected chi connectivity index (χ1v) is 7.14. The van der Waals surface area contributed by atoms with Gasteiger partial charge in [-0.05, 0) is 18.4 Å². The maximum absolute atomic E-state index is 11.5. The lowest BCUT2D eigenvalue weighted by Gasteiger charge is -2.22. The van der Waals surface area contributed by atoms with Crippen LogP contribution in [-0.4, -0.2) is 20.3 Å². The Balaban J connectivity index is 2.53.